The summed E-state index contributed by atoms with van der Waals surface area (Å²) in [7, 11) is 0. The third-order valence-electron chi connectivity index (χ3n) is 3.00. The van der Waals surface area contributed by atoms with Crippen LogP contribution in [0.1, 0.15) is 17.1 Å². The molecule has 2 heterocycles. The molecule has 0 aliphatic carbocycles. The van der Waals surface area contributed by atoms with Gasteiger partial charge in [0, 0.05) is 21.9 Å². The van der Waals surface area contributed by atoms with E-state index in [-0.39, 0.29) is 0 Å². The van der Waals surface area contributed by atoms with Gasteiger partial charge in [0.25, 0.3) is 0 Å². The number of rotatable bonds is 3. The number of hydrogen-bond acceptors (Lipinski definition) is 4. The van der Waals surface area contributed by atoms with Gasteiger partial charge in [-0.15, -0.1) is 11.8 Å². The summed E-state index contributed by atoms with van der Waals surface area (Å²) in [5, 5.41) is 1.25. The predicted molar refractivity (Wildman–Crippen MR) is 81.4 cm³/mol. The number of fused-ring (bicyclic) bond motifs is 1. The lowest BCUT2D eigenvalue weighted by Crippen LogP contribution is -2.14. The van der Waals surface area contributed by atoms with Gasteiger partial charge in [0.15, 0.2) is 0 Å². The molecule has 3 nitrogen and oxygen atoms in total. The van der Waals surface area contributed by atoms with Gasteiger partial charge in [0.2, 0.25) is 0 Å². The van der Waals surface area contributed by atoms with Crippen LogP contribution in [-0.4, -0.2) is 16.6 Å². The van der Waals surface area contributed by atoms with Crippen LogP contribution >= 0.6 is 35.0 Å². The van der Waals surface area contributed by atoms with Crippen LogP contribution in [0, 0.1) is 0 Å². The average molecular weight is 327 g/mol. The van der Waals surface area contributed by atoms with E-state index in [1.54, 1.807) is 11.8 Å². The van der Waals surface area contributed by atoms with Gasteiger partial charge in [-0.3, -0.25) is 0 Å². The first-order valence-electron chi connectivity index (χ1n) is 6.22. The fourth-order valence-electron chi connectivity index (χ4n) is 1.98. The van der Waals surface area contributed by atoms with Gasteiger partial charge in [0.1, 0.15) is 11.0 Å². The van der Waals surface area contributed by atoms with Crippen molar-refractivity contribution in [3.63, 3.8) is 0 Å². The Morgan fingerprint density at radius 1 is 1.15 bits per heavy atom. The van der Waals surface area contributed by atoms with Crippen molar-refractivity contribution in [1.29, 1.82) is 0 Å². The molecule has 0 spiro atoms. The molecule has 1 aliphatic heterocycles. The van der Waals surface area contributed by atoms with E-state index >= 15 is 0 Å². The fourth-order valence-corrected chi connectivity index (χ4v) is 3.12. The van der Waals surface area contributed by atoms with Gasteiger partial charge >= 0.3 is 0 Å². The quantitative estimate of drug-likeness (QED) is 0.627. The van der Waals surface area contributed by atoms with Crippen LogP contribution in [0.15, 0.2) is 29.2 Å². The second kappa shape index (κ2) is 6.31. The van der Waals surface area contributed by atoms with Gasteiger partial charge in [0.05, 0.1) is 24.7 Å². The zero-order chi connectivity index (χ0) is 13.9. The van der Waals surface area contributed by atoms with E-state index in [0.29, 0.717) is 24.1 Å². The molecule has 20 heavy (non-hydrogen) atoms. The highest BCUT2D eigenvalue weighted by molar-refractivity contribution is 7.98. The van der Waals surface area contributed by atoms with Crippen LogP contribution in [0.5, 0.6) is 0 Å². The second-order valence-electron chi connectivity index (χ2n) is 4.40. The number of thioether (sulfide) groups is 1. The van der Waals surface area contributed by atoms with E-state index in [1.165, 1.54) is 0 Å². The van der Waals surface area contributed by atoms with Crippen molar-refractivity contribution in [3.05, 3.63) is 51.5 Å². The molecular formula is C14H12Cl2N2OS. The Kier molecular flexibility index (Phi) is 4.46. The Morgan fingerprint density at radius 3 is 2.75 bits per heavy atom. The molecule has 1 aromatic carbocycles. The van der Waals surface area contributed by atoms with Crippen LogP contribution < -0.4 is 0 Å². The summed E-state index contributed by atoms with van der Waals surface area (Å²) >= 11 is 13.7. The average Bonchev–Trinajstić information content (AvgIpc) is 2.47. The summed E-state index contributed by atoms with van der Waals surface area (Å²) in [6, 6.07) is 7.73. The monoisotopic (exact) mass is 326 g/mol. The van der Waals surface area contributed by atoms with Crippen LogP contribution in [0.25, 0.3) is 0 Å². The minimum atomic E-state index is 0.513. The summed E-state index contributed by atoms with van der Waals surface area (Å²) in [6.07, 6.45) is 0.802. The number of aromatic nitrogens is 2. The van der Waals surface area contributed by atoms with Crippen LogP contribution in [0.2, 0.25) is 10.2 Å². The van der Waals surface area contributed by atoms with Crippen molar-refractivity contribution in [3.8, 4) is 0 Å². The fraction of sp³-hybridized carbons (Fsp3) is 0.286. The maximum absolute atomic E-state index is 6.19. The maximum Gasteiger partial charge on any atom is 0.140 e. The summed E-state index contributed by atoms with van der Waals surface area (Å²) < 4.78 is 5.37. The van der Waals surface area contributed by atoms with Crippen molar-refractivity contribution < 1.29 is 4.74 Å². The summed E-state index contributed by atoms with van der Waals surface area (Å²) in [4.78, 5) is 10.1. The molecule has 0 N–H and O–H groups in total. The van der Waals surface area contributed by atoms with Crippen molar-refractivity contribution >= 4 is 35.0 Å². The van der Waals surface area contributed by atoms with E-state index in [4.69, 9.17) is 27.9 Å². The molecule has 0 bridgehead atoms. The Labute approximate surface area is 131 Å². The third-order valence-corrected chi connectivity index (χ3v) is 4.57. The minimum Gasteiger partial charge on any atom is -0.376 e. The molecule has 0 fully saturated rings. The highest BCUT2D eigenvalue weighted by atomic mass is 35.5. The number of hydrogen-bond donors (Lipinski definition) is 0. The van der Waals surface area contributed by atoms with E-state index in [1.807, 2.05) is 24.3 Å². The first-order valence-corrected chi connectivity index (χ1v) is 7.97. The molecule has 0 saturated carbocycles. The van der Waals surface area contributed by atoms with Crippen molar-refractivity contribution in [2.75, 3.05) is 6.61 Å². The molecular weight excluding hydrogens is 315 g/mol. The van der Waals surface area contributed by atoms with Gasteiger partial charge in [-0.1, -0.05) is 23.2 Å². The van der Waals surface area contributed by atoms with Crippen LogP contribution in [0.4, 0.5) is 0 Å². The zero-order valence-corrected chi connectivity index (χ0v) is 12.9. The Balaban J connectivity index is 1.74. The topological polar surface area (TPSA) is 35.0 Å². The third kappa shape index (κ3) is 3.26. The molecule has 0 unspecified atom stereocenters. The molecule has 6 heteroatoms. The van der Waals surface area contributed by atoms with E-state index in [0.717, 1.165) is 33.4 Å². The molecule has 1 aliphatic rings. The zero-order valence-electron chi connectivity index (χ0n) is 10.6. The molecule has 0 atom stereocenters. The lowest BCUT2D eigenvalue weighted by molar-refractivity contribution is 0.109. The summed E-state index contributed by atoms with van der Waals surface area (Å²) in [5.41, 5.74) is 1.95. The Hall–Kier alpha value is -0.810. The van der Waals surface area contributed by atoms with Crippen molar-refractivity contribution in [1.82, 2.24) is 9.97 Å². The normalized spacial score (nSPS) is 14.1. The van der Waals surface area contributed by atoms with Crippen molar-refractivity contribution in [2.24, 2.45) is 0 Å². The van der Waals surface area contributed by atoms with Crippen LogP contribution in [0.3, 0.4) is 0 Å². The van der Waals surface area contributed by atoms with Gasteiger partial charge in [-0.2, -0.15) is 0 Å². The van der Waals surface area contributed by atoms with Gasteiger partial charge < -0.3 is 4.74 Å². The van der Waals surface area contributed by atoms with E-state index in [2.05, 4.69) is 9.97 Å². The smallest absolute Gasteiger partial charge is 0.140 e. The first kappa shape index (κ1) is 14.1. The molecule has 0 radical (unpaired) electrons. The second-order valence-corrected chi connectivity index (χ2v) is 6.24. The lowest BCUT2D eigenvalue weighted by Gasteiger charge is -2.17. The Bertz CT molecular complexity index is 619. The minimum absolute atomic E-state index is 0.513. The largest absolute Gasteiger partial charge is 0.376 e. The molecule has 2 aromatic rings. The summed E-state index contributed by atoms with van der Waals surface area (Å²) in [6.45, 7) is 1.21. The lowest BCUT2D eigenvalue weighted by atomic mass is 10.1. The van der Waals surface area contributed by atoms with Crippen LogP contribution in [-0.2, 0) is 23.5 Å². The SMILES string of the molecule is Clc1ccc(SCc2nc(Cl)c3c(n2)CCOC3)cc1. The number of ether oxygens (including phenoxy) is 1. The summed E-state index contributed by atoms with van der Waals surface area (Å²) in [5.74, 6) is 1.45. The molecule has 104 valence electrons. The highest BCUT2D eigenvalue weighted by Gasteiger charge is 2.17. The highest BCUT2D eigenvalue weighted by Crippen LogP contribution is 2.26. The standard InChI is InChI=1S/C14H12Cl2N2OS/c15-9-1-3-10(4-2-9)20-8-13-17-12-5-6-19-7-11(12)14(16)18-13/h1-4H,5-8H2. The number of nitrogens with zero attached hydrogens (tertiary/aromatic N) is 2. The molecule has 0 saturated heterocycles. The molecule has 3 rings (SSSR count). The maximum atomic E-state index is 6.19. The number of halogens is 2. The number of benzene rings is 1. The van der Waals surface area contributed by atoms with Crippen molar-refractivity contribution in [2.45, 2.75) is 23.7 Å². The molecule has 1 aromatic heterocycles. The van der Waals surface area contributed by atoms with E-state index in [9.17, 15) is 0 Å². The molecule has 0 amide bonds. The van der Waals surface area contributed by atoms with Gasteiger partial charge in [-0.05, 0) is 24.3 Å². The van der Waals surface area contributed by atoms with E-state index < -0.39 is 0 Å². The van der Waals surface area contributed by atoms with Gasteiger partial charge in [-0.25, -0.2) is 9.97 Å². The Morgan fingerprint density at radius 2 is 1.95 bits per heavy atom. The first-order chi connectivity index (χ1) is 9.72. The predicted octanol–water partition coefficient (Wildman–Crippen LogP) is 4.15.